The molecule has 12 heavy (non-hydrogen) atoms. The first-order valence-electron chi connectivity index (χ1n) is 2.85. The Balaban J connectivity index is 3.25. The molecule has 0 spiro atoms. The Hall–Kier alpha value is -1.23. The third kappa shape index (κ3) is 1.68. The number of aromatic nitrogens is 1. The zero-order valence-electron chi connectivity index (χ0n) is 5.69. The van der Waals surface area contributed by atoms with Crippen molar-refractivity contribution in [3.63, 3.8) is 0 Å². The first-order chi connectivity index (χ1) is 5.65. The summed E-state index contributed by atoms with van der Waals surface area (Å²) in [7, 11) is 0. The zero-order chi connectivity index (χ0) is 9.14. The highest BCUT2D eigenvalue weighted by atomic mass is 127. The van der Waals surface area contributed by atoms with Crippen LogP contribution in [0, 0.1) is 25.1 Å². The number of nitro groups is 1. The molecular formula is C6H2IN3O2. The molecule has 0 amide bonds. The number of hydrogen-bond acceptors (Lipinski definition) is 4. The fourth-order valence-corrected chi connectivity index (χ4v) is 1.03. The summed E-state index contributed by atoms with van der Waals surface area (Å²) in [5.41, 5.74) is 0.0665. The Morgan fingerprint density at radius 1 is 1.75 bits per heavy atom. The summed E-state index contributed by atoms with van der Waals surface area (Å²) in [6.07, 6.45) is 1.13. The topological polar surface area (TPSA) is 79.8 Å². The Morgan fingerprint density at radius 3 is 2.92 bits per heavy atom. The molecule has 0 aliphatic rings. The Kier molecular flexibility index (Phi) is 2.54. The van der Waals surface area contributed by atoms with Gasteiger partial charge in [0.2, 0.25) is 0 Å². The second-order valence-electron chi connectivity index (χ2n) is 1.90. The lowest BCUT2D eigenvalue weighted by Gasteiger charge is -1.92. The van der Waals surface area contributed by atoms with Crippen molar-refractivity contribution in [2.75, 3.05) is 0 Å². The maximum atomic E-state index is 10.2. The molecule has 0 radical (unpaired) electrons. The fraction of sp³-hybridized carbons (Fsp3) is 0. The van der Waals surface area contributed by atoms with Crippen molar-refractivity contribution in [2.24, 2.45) is 0 Å². The van der Waals surface area contributed by atoms with Gasteiger partial charge >= 0.3 is 0 Å². The van der Waals surface area contributed by atoms with Gasteiger partial charge in [-0.2, -0.15) is 5.26 Å². The zero-order valence-corrected chi connectivity index (χ0v) is 7.85. The van der Waals surface area contributed by atoms with Crippen molar-refractivity contribution in [2.45, 2.75) is 0 Å². The minimum absolute atomic E-state index is 0.160. The van der Waals surface area contributed by atoms with Gasteiger partial charge in [-0.25, -0.2) is 4.98 Å². The number of rotatable bonds is 1. The van der Waals surface area contributed by atoms with Gasteiger partial charge in [0.15, 0.2) is 0 Å². The molecule has 0 N–H and O–H groups in total. The van der Waals surface area contributed by atoms with E-state index in [9.17, 15) is 10.1 Å². The second kappa shape index (κ2) is 3.44. The minimum Gasteiger partial charge on any atom is -0.258 e. The van der Waals surface area contributed by atoms with Crippen molar-refractivity contribution in [1.29, 1.82) is 5.26 Å². The van der Waals surface area contributed by atoms with Crippen molar-refractivity contribution in [3.05, 3.63) is 31.6 Å². The molecule has 0 bridgehead atoms. The van der Waals surface area contributed by atoms with E-state index < -0.39 is 4.92 Å². The van der Waals surface area contributed by atoms with E-state index in [2.05, 4.69) is 4.98 Å². The maximum absolute atomic E-state index is 10.2. The predicted octanol–water partition coefficient (Wildman–Crippen LogP) is 1.47. The Morgan fingerprint density at radius 2 is 2.42 bits per heavy atom. The number of nitriles is 1. The lowest BCUT2D eigenvalue weighted by Crippen LogP contribution is -1.93. The quantitative estimate of drug-likeness (QED) is 0.336. The van der Waals surface area contributed by atoms with Crippen LogP contribution in [0.5, 0.6) is 0 Å². The molecule has 5 nitrogen and oxygen atoms in total. The second-order valence-corrected chi connectivity index (χ2v) is 2.92. The van der Waals surface area contributed by atoms with Gasteiger partial charge in [0.1, 0.15) is 16.0 Å². The third-order valence-corrected chi connectivity index (χ3v) is 2.02. The largest absolute Gasteiger partial charge is 0.288 e. The molecule has 0 unspecified atom stereocenters. The van der Waals surface area contributed by atoms with E-state index in [1.807, 2.05) is 28.7 Å². The van der Waals surface area contributed by atoms with E-state index in [-0.39, 0.29) is 11.3 Å². The molecule has 1 aromatic rings. The first-order valence-corrected chi connectivity index (χ1v) is 3.93. The monoisotopic (exact) mass is 275 g/mol. The van der Waals surface area contributed by atoms with Gasteiger partial charge in [0.05, 0.1) is 10.5 Å². The minimum atomic E-state index is -0.579. The third-order valence-electron chi connectivity index (χ3n) is 1.16. The van der Waals surface area contributed by atoms with Crippen molar-refractivity contribution < 1.29 is 4.92 Å². The molecule has 1 aromatic heterocycles. The summed E-state index contributed by atoms with van der Waals surface area (Å²) in [6.45, 7) is 0. The van der Waals surface area contributed by atoms with Crippen LogP contribution in [0.3, 0.4) is 0 Å². The van der Waals surface area contributed by atoms with Crippen LogP contribution in [0.4, 0.5) is 5.69 Å². The average Bonchev–Trinajstić information content (AvgIpc) is 2.05. The molecule has 1 heterocycles. The van der Waals surface area contributed by atoms with E-state index in [0.29, 0.717) is 3.70 Å². The van der Waals surface area contributed by atoms with Crippen LogP contribution in [0.25, 0.3) is 0 Å². The molecule has 0 saturated heterocycles. The number of nitrogens with zero attached hydrogens (tertiary/aromatic N) is 3. The first kappa shape index (κ1) is 8.86. The van der Waals surface area contributed by atoms with Gasteiger partial charge in [0.25, 0.3) is 5.69 Å². The summed E-state index contributed by atoms with van der Waals surface area (Å²) in [4.78, 5) is 13.3. The van der Waals surface area contributed by atoms with E-state index in [1.165, 1.54) is 6.07 Å². The van der Waals surface area contributed by atoms with E-state index >= 15 is 0 Å². The van der Waals surface area contributed by atoms with E-state index in [0.717, 1.165) is 6.20 Å². The average molecular weight is 275 g/mol. The number of pyridine rings is 1. The number of hydrogen-bond donors (Lipinski definition) is 0. The predicted molar refractivity (Wildman–Crippen MR) is 48.3 cm³/mol. The van der Waals surface area contributed by atoms with Crippen LogP contribution < -0.4 is 0 Å². The molecule has 0 aliphatic heterocycles. The fourth-order valence-electron chi connectivity index (χ4n) is 0.615. The van der Waals surface area contributed by atoms with Crippen LogP contribution in [0.1, 0.15) is 5.56 Å². The summed E-state index contributed by atoms with van der Waals surface area (Å²) < 4.78 is 0.473. The van der Waals surface area contributed by atoms with Gasteiger partial charge in [0, 0.05) is 6.07 Å². The summed E-state index contributed by atoms with van der Waals surface area (Å²) in [5.74, 6) is 0. The Labute approximate surface area is 81.3 Å². The number of halogens is 1. The van der Waals surface area contributed by atoms with Crippen LogP contribution in [-0.4, -0.2) is 9.91 Å². The van der Waals surface area contributed by atoms with Gasteiger partial charge in [-0.3, -0.25) is 10.1 Å². The van der Waals surface area contributed by atoms with Crippen LogP contribution in [0.2, 0.25) is 0 Å². The highest BCUT2D eigenvalue weighted by molar-refractivity contribution is 14.1. The summed E-state index contributed by atoms with van der Waals surface area (Å²) >= 11 is 1.84. The SMILES string of the molecule is N#Cc1cc([N+](=O)[O-])cnc1I. The maximum Gasteiger partial charge on any atom is 0.288 e. The van der Waals surface area contributed by atoms with Crippen LogP contribution in [-0.2, 0) is 0 Å². The van der Waals surface area contributed by atoms with Gasteiger partial charge < -0.3 is 0 Å². The normalized spacial score (nSPS) is 9.00. The molecule has 0 aromatic carbocycles. The summed E-state index contributed by atoms with van der Waals surface area (Å²) in [5, 5.41) is 18.7. The molecular weight excluding hydrogens is 273 g/mol. The highest BCUT2D eigenvalue weighted by Crippen LogP contribution is 2.15. The molecule has 6 heteroatoms. The van der Waals surface area contributed by atoms with E-state index in [4.69, 9.17) is 5.26 Å². The smallest absolute Gasteiger partial charge is 0.258 e. The molecule has 0 saturated carbocycles. The molecule has 1 rings (SSSR count). The lowest BCUT2D eigenvalue weighted by molar-refractivity contribution is -0.385. The lowest BCUT2D eigenvalue weighted by atomic mass is 10.3. The van der Waals surface area contributed by atoms with Crippen molar-refractivity contribution in [1.82, 2.24) is 4.98 Å². The van der Waals surface area contributed by atoms with Gasteiger partial charge in [-0.05, 0) is 22.6 Å². The summed E-state index contributed by atoms with van der Waals surface area (Å²) in [6, 6.07) is 3.02. The van der Waals surface area contributed by atoms with E-state index in [1.54, 1.807) is 0 Å². The van der Waals surface area contributed by atoms with Crippen LogP contribution >= 0.6 is 22.6 Å². The van der Waals surface area contributed by atoms with Crippen molar-refractivity contribution >= 4 is 28.3 Å². The van der Waals surface area contributed by atoms with Gasteiger partial charge in [-0.15, -0.1) is 0 Å². The van der Waals surface area contributed by atoms with Crippen molar-refractivity contribution in [3.8, 4) is 6.07 Å². The standard InChI is InChI=1S/C6H2IN3O2/c7-6-4(2-8)1-5(3-9-6)10(11)12/h1,3H. The highest BCUT2D eigenvalue weighted by Gasteiger charge is 2.09. The van der Waals surface area contributed by atoms with Crippen LogP contribution in [0.15, 0.2) is 12.3 Å². The Bertz CT molecular complexity index is 372. The molecule has 0 atom stereocenters. The molecule has 0 aliphatic carbocycles. The van der Waals surface area contributed by atoms with Gasteiger partial charge in [-0.1, -0.05) is 0 Å². The molecule has 60 valence electrons. The molecule has 0 fully saturated rings.